The van der Waals surface area contributed by atoms with Gasteiger partial charge < -0.3 is 5.11 Å². The molecule has 96 valence electrons. The summed E-state index contributed by atoms with van der Waals surface area (Å²) in [6, 6.07) is 13.8. The van der Waals surface area contributed by atoms with Crippen LogP contribution in [0.3, 0.4) is 0 Å². The van der Waals surface area contributed by atoms with Crippen LogP contribution in [0.15, 0.2) is 54.6 Å². The molecule has 0 atom stereocenters. The van der Waals surface area contributed by atoms with Crippen LogP contribution < -0.4 is 0 Å². The van der Waals surface area contributed by atoms with Crippen LogP contribution in [0.2, 0.25) is 0 Å². The maximum Gasteiger partial charge on any atom is 0.328 e. The van der Waals surface area contributed by atoms with Crippen LogP contribution in [0.5, 0.6) is 0 Å². The fourth-order valence-corrected chi connectivity index (χ4v) is 1.88. The molecule has 0 aliphatic heterocycles. The van der Waals surface area contributed by atoms with Crippen molar-refractivity contribution in [2.45, 2.75) is 6.92 Å². The lowest BCUT2D eigenvalue weighted by Gasteiger charge is -2.07. The van der Waals surface area contributed by atoms with E-state index in [0.717, 1.165) is 11.6 Å². The van der Waals surface area contributed by atoms with Crippen molar-refractivity contribution >= 4 is 11.5 Å². The van der Waals surface area contributed by atoms with Crippen molar-refractivity contribution in [2.75, 3.05) is 0 Å². The zero-order valence-electron chi connectivity index (χ0n) is 10.4. The number of halogens is 1. The molecule has 0 aliphatic rings. The van der Waals surface area contributed by atoms with Crippen LogP contribution in [0.25, 0.3) is 16.7 Å². The van der Waals surface area contributed by atoms with Gasteiger partial charge in [0.2, 0.25) is 0 Å². The van der Waals surface area contributed by atoms with E-state index in [1.165, 1.54) is 6.07 Å². The summed E-state index contributed by atoms with van der Waals surface area (Å²) < 4.78 is 13.8. The molecular formula is C16H13FO2. The molecule has 0 amide bonds. The molecule has 2 rings (SSSR count). The molecule has 0 fully saturated rings. The Bertz CT molecular complexity index is 630. The molecule has 1 N–H and O–H groups in total. The van der Waals surface area contributed by atoms with E-state index < -0.39 is 5.97 Å². The number of rotatable bonds is 3. The number of carboxylic acids is 1. The van der Waals surface area contributed by atoms with Crippen molar-refractivity contribution in [3.05, 3.63) is 66.0 Å². The number of hydrogen-bond acceptors (Lipinski definition) is 1. The van der Waals surface area contributed by atoms with E-state index >= 15 is 0 Å². The highest BCUT2D eigenvalue weighted by molar-refractivity contribution is 5.90. The minimum absolute atomic E-state index is 0.321. The van der Waals surface area contributed by atoms with Crippen LogP contribution in [0.1, 0.15) is 12.5 Å². The minimum atomic E-state index is -1.01. The summed E-state index contributed by atoms with van der Waals surface area (Å²) in [5.74, 6) is -1.33. The molecule has 0 bridgehead atoms. The van der Waals surface area contributed by atoms with E-state index in [1.807, 2.05) is 30.3 Å². The van der Waals surface area contributed by atoms with Crippen molar-refractivity contribution in [1.82, 2.24) is 0 Å². The summed E-state index contributed by atoms with van der Waals surface area (Å²) in [6.07, 6.45) is 1.11. The van der Waals surface area contributed by atoms with Crippen LogP contribution in [-0.4, -0.2) is 11.1 Å². The molecule has 0 radical (unpaired) electrons. The van der Waals surface area contributed by atoms with Gasteiger partial charge in [0, 0.05) is 11.6 Å². The highest BCUT2D eigenvalue weighted by Gasteiger charge is 2.07. The second-order valence-electron chi connectivity index (χ2n) is 4.23. The Morgan fingerprint density at radius 3 is 2.47 bits per heavy atom. The maximum absolute atomic E-state index is 13.8. The second kappa shape index (κ2) is 5.48. The zero-order valence-corrected chi connectivity index (χ0v) is 10.4. The molecular weight excluding hydrogens is 243 g/mol. The molecule has 0 saturated carbocycles. The van der Waals surface area contributed by atoms with E-state index in [4.69, 9.17) is 5.11 Å². The quantitative estimate of drug-likeness (QED) is 0.843. The lowest BCUT2D eigenvalue weighted by atomic mass is 9.99. The van der Waals surface area contributed by atoms with Crippen LogP contribution in [0, 0.1) is 5.82 Å². The van der Waals surface area contributed by atoms with Crippen LogP contribution >= 0.6 is 0 Å². The van der Waals surface area contributed by atoms with Gasteiger partial charge in [0.1, 0.15) is 5.82 Å². The van der Waals surface area contributed by atoms with Gasteiger partial charge in [-0.3, -0.25) is 0 Å². The first-order chi connectivity index (χ1) is 9.08. The average molecular weight is 256 g/mol. The normalized spacial score (nSPS) is 11.4. The van der Waals surface area contributed by atoms with E-state index in [-0.39, 0.29) is 5.82 Å². The van der Waals surface area contributed by atoms with Gasteiger partial charge in [0.15, 0.2) is 0 Å². The molecule has 0 saturated heterocycles. The molecule has 0 aliphatic carbocycles. The predicted octanol–water partition coefficient (Wildman–Crippen LogP) is 3.98. The zero-order chi connectivity index (χ0) is 13.8. The van der Waals surface area contributed by atoms with Crippen molar-refractivity contribution in [3.63, 3.8) is 0 Å². The standard InChI is InChI=1S/C16H13FO2/c1-11(9-16(18)19)13-7-8-15(17)14(10-13)12-5-3-2-4-6-12/h2-10H,1H3,(H,18,19)/b11-9+. The van der Waals surface area contributed by atoms with Gasteiger partial charge in [-0.1, -0.05) is 36.4 Å². The molecule has 0 spiro atoms. The molecule has 2 aromatic rings. The fourth-order valence-electron chi connectivity index (χ4n) is 1.88. The summed E-state index contributed by atoms with van der Waals surface area (Å²) in [5, 5.41) is 8.74. The third-order valence-electron chi connectivity index (χ3n) is 2.85. The van der Waals surface area contributed by atoms with Crippen molar-refractivity contribution < 1.29 is 14.3 Å². The van der Waals surface area contributed by atoms with Crippen molar-refractivity contribution in [1.29, 1.82) is 0 Å². The first-order valence-corrected chi connectivity index (χ1v) is 5.84. The Hall–Kier alpha value is -2.42. The van der Waals surface area contributed by atoms with Gasteiger partial charge in [-0.15, -0.1) is 0 Å². The fraction of sp³-hybridized carbons (Fsp3) is 0.0625. The maximum atomic E-state index is 13.8. The van der Waals surface area contributed by atoms with Crippen molar-refractivity contribution in [2.24, 2.45) is 0 Å². The number of aliphatic carboxylic acids is 1. The summed E-state index contributed by atoms with van der Waals surface area (Å²) in [7, 11) is 0. The highest BCUT2D eigenvalue weighted by Crippen LogP contribution is 2.26. The second-order valence-corrected chi connectivity index (χ2v) is 4.23. The lowest BCUT2D eigenvalue weighted by molar-refractivity contribution is -0.131. The van der Waals surface area contributed by atoms with Crippen LogP contribution in [-0.2, 0) is 4.79 Å². The molecule has 2 nitrogen and oxygen atoms in total. The van der Waals surface area contributed by atoms with Gasteiger partial charge in [-0.25, -0.2) is 9.18 Å². The van der Waals surface area contributed by atoms with Gasteiger partial charge >= 0.3 is 5.97 Å². The molecule has 2 aromatic carbocycles. The van der Waals surface area contributed by atoms with Gasteiger partial charge in [0.25, 0.3) is 0 Å². The third-order valence-corrected chi connectivity index (χ3v) is 2.85. The SMILES string of the molecule is C/C(=C\C(=O)O)c1ccc(F)c(-c2ccccc2)c1. The van der Waals surface area contributed by atoms with Crippen LogP contribution in [0.4, 0.5) is 4.39 Å². The highest BCUT2D eigenvalue weighted by atomic mass is 19.1. The monoisotopic (exact) mass is 256 g/mol. The molecule has 0 unspecified atom stereocenters. The number of allylic oxidation sites excluding steroid dienone is 1. The minimum Gasteiger partial charge on any atom is -0.478 e. The summed E-state index contributed by atoms with van der Waals surface area (Å²) in [5.41, 5.74) is 2.52. The summed E-state index contributed by atoms with van der Waals surface area (Å²) >= 11 is 0. The summed E-state index contributed by atoms with van der Waals surface area (Å²) in [6.45, 7) is 1.69. The number of benzene rings is 2. The first kappa shape index (κ1) is 13.0. The third kappa shape index (κ3) is 3.07. The largest absolute Gasteiger partial charge is 0.478 e. The molecule has 0 aromatic heterocycles. The number of hydrogen-bond donors (Lipinski definition) is 1. The predicted molar refractivity (Wildman–Crippen MR) is 73.1 cm³/mol. The Balaban J connectivity index is 2.50. The van der Waals surface area contributed by atoms with E-state index in [2.05, 4.69) is 0 Å². The summed E-state index contributed by atoms with van der Waals surface area (Å²) in [4.78, 5) is 10.7. The molecule has 19 heavy (non-hydrogen) atoms. The van der Waals surface area contributed by atoms with Crippen molar-refractivity contribution in [3.8, 4) is 11.1 Å². The van der Waals surface area contributed by atoms with Gasteiger partial charge in [0.05, 0.1) is 0 Å². The Labute approximate surface area is 110 Å². The van der Waals surface area contributed by atoms with E-state index in [9.17, 15) is 9.18 Å². The first-order valence-electron chi connectivity index (χ1n) is 5.84. The van der Waals surface area contributed by atoms with Gasteiger partial charge in [-0.05, 0) is 35.8 Å². The number of carbonyl (C=O) groups is 1. The van der Waals surface area contributed by atoms with Gasteiger partial charge in [-0.2, -0.15) is 0 Å². The van der Waals surface area contributed by atoms with E-state index in [1.54, 1.807) is 19.1 Å². The van der Waals surface area contributed by atoms with E-state index in [0.29, 0.717) is 16.7 Å². The smallest absolute Gasteiger partial charge is 0.328 e. The number of carboxylic acid groups (broad SMARTS) is 1. The molecule has 3 heteroatoms. The Morgan fingerprint density at radius 2 is 1.84 bits per heavy atom. The Kier molecular flexibility index (Phi) is 3.76. The lowest BCUT2D eigenvalue weighted by Crippen LogP contribution is -1.92. The average Bonchev–Trinajstić information content (AvgIpc) is 2.39. The molecule has 0 heterocycles. The Morgan fingerprint density at radius 1 is 1.16 bits per heavy atom. The topological polar surface area (TPSA) is 37.3 Å².